The third kappa shape index (κ3) is 7.46. The minimum absolute atomic E-state index is 0.0187. The number of hydrogen-bond donors (Lipinski definition) is 4. The van der Waals surface area contributed by atoms with Crippen molar-refractivity contribution in [2.45, 2.75) is 40.8 Å². The van der Waals surface area contributed by atoms with Gasteiger partial charge in [0.15, 0.2) is 0 Å². The lowest BCUT2D eigenvalue weighted by Gasteiger charge is -2.14. The van der Waals surface area contributed by atoms with Crippen LogP contribution in [-0.2, 0) is 22.7 Å². The number of aromatic nitrogens is 4. The number of carbonyl (C=O) groups is 2. The van der Waals surface area contributed by atoms with Crippen LogP contribution in [-0.4, -0.2) is 56.8 Å². The predicted molar refractivity (Wildman–Crippen MR) is 191 cm³/mol. The Morgan fingerprint density at radius 2 is 0.979 bits per heavy atom. The standard InChI is InChI=1S/C38H42N8O2/c1-25-31(7-5-9-33(25)35-23-45-21-29(11-13-37(45)43-35)19-39-15-17-41-27(3)47)32-8-6-10-34(26(32)2)36-24-46-22-30(12-14-38(46)44-36)20-40-16-18-42-28(4)48/h5-14,21-24,39-40H,15-20H2,1-4H3,(H,41,47)(H,42,48). The molecular formula is C38H42N8O2. The Bertz CT molecular complexity index is 1940. The molecule has 0 aliphatic heterocycles. The van der Waals surface area contributed by atoms with Crippen LogP contribution in [0.25, 0.3) is 44.9 Å². The van der Waals surface area contributed by atoms with Crippen LogP contribution in [0, 0.1) is 13.8 Å². The monoisotopic (exact) mass is 642 g/mol. The largest absolute Gasteiger partial charge is 0.355 e. The summed E-state index contributed by atoms with van der Waals surface area (Å²) in [7, 11) is 0. The fraction of sp³-hybridized carbons (Fsp3) is 0.263. The maximum atomic E-state index is 11.1. The van der Waals surface area contributed by atoms with Gasteiger partial charge in [-0.15, -0.1) is 0 Å². The van der Waals surface area contributed by atoms with E-state index in [1.54, 1.807) is 0 Å². The van der Waals surface area contributed by atoms with Crippen LogP contribution in [0.5, 0.6) is 0 Å². The maximum Gasteiger partial charge on any atom is 0.216 e. The third-order valence-electron chi connectivity index (χ3n) is 8.54. The van der Waals surface area contributed by atoms with E-state index in [0.29, 0.717) is 39.3 Å². The van der Waals surface area contributed by atoms with E-state index >= 15 is 0 Å². The van der Waals surface area contributed by atoms with Crippen molar-refractivity contribution in [1.29, 1.82) is 0 Å². The highest BCUT2D eigenvalue weighted by atomic mass is 16.2. The second kappa shape index (κ2) is 14.6. The van der Waals surface area contributed by atoms with E-state index in [4.69, 9.17) is 9.97 Å². The third-order valence-corrected chi connectivity index (χ3v) is 8.54. The molecule has 48 heavy (non-hydrogen) atoms. The van der Waals surface area contributed by atoms with Gasteiger partial charge in [0, 0.05) is 89.0 Å². The minimum atomic E-state index is -0.0187. The lowest BCUT2D eigenvalue weighted by atomic mass is 9.90. The van der Waals surface area contributed by atoms with Gasteiger partial charge in [-0.3, -0.25) is 9.59 Å². The van der Waals surface area contributed by atoms with Crippen LogP contribution in [0.4, 0.5) is 0 Å². The normalized spacial score (nSPS) is 11.3. The van der Waals surface area contributed by atoms with Crippen LogP contribution >= 0.6 is 0 Å². The zero-order valence-electron chi connectivity index (χ0n) is 27.9. The smallest absolute Gasteiger partial charge is 0.216 e. The number of hydrogen-bond acceptors (Lipinski definition) is 6. The molecule has 6 aromatic rings. The fourth-order valence-electron chi connectivity index (χ4n) is 6.07. The van der Waals surface area contributed by atoms with E-state index in [-0.39, 0.29) is 11.8 Å². The topological polar surface area (TPSA) is 117 Å². The molecule has 0 saturated carbocycles. The van der Waals surface area contributed by atoms with E-state index < -0.39 is 0 Å². The van der Waals surface area contributed by atoms with Crippen LogP contribution < -0.4 is 21.3 Å². The lowest BCUT2D eigenvalue weighted by molar-refractivity contribution is -0.119. The molecule has 0 spiro atoms. The molecule has 246 valence electrons. The van der Waals surface area contributed by atoms with E-state index in [1.165, 1.54) is 36.1 Å². The van der Waals surface area contributed by atoms with Crippen LogP contribution in [0.1, 0.15) is 36.1 Å². The summed E-state index contributed by atoms with van der Waals surface area (Å²) in [5, 5.41) is 12.4. The number of carbonyl (C=O) groups excluding carboxylic acids is 2. The number of imidazole rings is 2. The van der Waals surface area contributed by atoms with Crippen molar-refractivity contribution in [2.24, 2.45) is 0 Å². The van der Waals surface area contributed by atoms with Gasteiger partial charge >= 0.3 is 0 Å². The fourth-order valence-corrected chi connectivity index (χ4v) is 6.07. The highest BCUT2D eigenvalue weighted by Gasteiger charge is 2.16. The Hall–Kier alpha value is -5.32. The molecule has 0 bridgehead atoms. The number of nitrogens with zero attached hydrogens (tertiary/aromatic N) is 4. The van der Waals surface area contributed by atoms with Gasteiger partial charge < -0.3 is 30.1 Å². The number of rotatable bonds is 13. The van der Waals surface area contributed by atoms with Crippen molar-refractivity contribution in [3.8, 4) is 33.6 Å². The first-order valence-electron chi connectivity index (χ1n) is 16.3. The Morgan fingerprint density at radius 1 is 0.562 bits per heavy atom. The molecule has 6 rings (SSSR count). The summed E-state index contributed by atoms with van der Waals surface area (Å²) in [6.07, 6.45) is 8.39. The van der Waals surface area contributed by atoms with Gasteiger partial charge in [-0.05, 0) is 59.4 Å². The summed E-state index contributed by atoms with van der Waals surface area (Å²) in [5.41, 5.74) is 12.8. The second-order valence-corrected chi connectivity index (χ2v) is 12.1. The number of fused-ring (bicyclic) bond motifs is 2. The second-order valence-electron chi connectivity index (χ2n) is 12.1. The summed E-state index contributed by atoms with van der Waals surface area (Å²) in [6.45, 7) is 11.4. The quantitative estimate of drug-likeness (QED) is 0.131. The summed E-state index contributed by atoms with van der Waals surface area (Å²) in [4.78, 5) is 32.1. The molecule has 0 saturated heterocycles. The van der Waals surface area contributed by atoms with Crippen molar-refractivity contribution >= 4 is 23.1 Å². The molecule has 4 N–H and O–H groups in total. The van der Waals surface area contributed by atoms with Crippen molar-refractivity contribution in [2.75, 3.05) is 26.2 Å². The number of amides is 2. The minimum Gasteiger partial charge on any atom is -0.355 e. The van der Waals surface area contributed by atoms with Gasteiger partial charge in [0.1, 0.15) is 11.3 Å². The summed E-state index contributed by atoms with van der Waals surface area (Å²) in [5.74, 6) is -0.0375. The van der Waals surface area contributed by atoms with E-state index in [1.807, 2.05) is 12.1 Å². The first-order chi connectivity index (χ1) is 23.3. The summed E-state index contributed by atoms with van der Waals surface area (Å²) in [6, 6.07) is 21.1. The SMILES string of the molecule is CC(=O)NCCNCc1ccc2nc(-c3cccc(-c4cccc(-c5cn6cc(CNCCNC(C)=O)ccc6n5)c4C)c3C)cn2c1. The number of nitrogens with one attached hydrogen (secondary N) is 4. The van der Waals surface area contributed by atoms with Gasteiger partial charge in [-0.2, -0.15) is 0 Å². The van der Waals surface area contributed by atoms with Crippen LogP contribution in [0.3, 0.4) is 0 Å². The highest BCUT2D eigenvalue weighted by molar-refractivity contribution is 5.83. The Labute approximate surface area is 280 Å². The lowest BCUT2D eigenvalue weighted by Crippen LogP contribution is -2.29. The average Bonchev–Trinajstić information content (AvgIpc) is 3.68. The van der Waals surface area contributed by atoms with Crippen molar-refractivity contribution in [3.05, 3.63) is 108 Å². The van der Waals surface area contributed by atoms with E-state index in [0.717, 1.165) is 44.9 Å². The van der Waals surface area contributed by atoms with Gasteiger partial charge in [-0.25, -0.2) is 9.97 Å². The molecule has 0 aliphatic rings. The molecule has 0 aliphatic carbocycles. The first-order valence-corrected chi connectivity index (χ1v) is 16.3. The molecule has 0 radical (unpaired) electrons. The molecule has 10 heteroatoms. The molecule has 2 amide bonds. The van der Waals surface area contributed by atoms with Gasteiger partial charge in [0.05, 0.1) is 11.4 Å². The molecule has 2 aromatic carbocycles. The van der Waals surface area contributed by atoms with Crippen molar-refractivity contribution in [3.63, 3.8) is 0 Å². The number of benzene rings is 2. The van der Waals surface area contributed by atoms with Gasteiger partial charge in [0.25, 0.3) is 0 Å². The molecular weight excluding hydrogens is 600 g/mol. The Kier molecular flexibility index (Phi) is 9.94. The molecule has 10 nitrogen and oxygen atoms in total. The van der Waals surface area contributed by atoms with Crippen LogP contribution in [0.2, 0.25) is 0 Å². The zero-order chi connectivity index (χ0) is 33.6. The van der Waals surface area contributed by atoms with Gasteiger partial charge in [0.2, 0.25) is 11.8 Å². The Morgan fingerprint density at radius 3 is 1.40 bits per heavy atom. The van der Waals surface area contributed by atoms with E-state index in [2.05, 4.69) is 117 Å². The van der Waals surface area contributed by atoms with Crippen molar-refractivity contribution < 1.29 is 9.59 Å². The van der Waals surface area contributed by atoms with Crippen molar-refractivity contribution in [1.82, 2.24) is 40.0 Å². The molecule has 0 atom stereocenters. The zero-order valence-corrected chi connectivity index (χ0v) is 27.9. The van der Waals surface area contributed by atoms with Gasteiger partial charge in [-0.1, -0.05) is 48.5 Å². The molecule has 0 fully saturated rings. The number of pyridine rings is 2. The predicted octanol–water partition coefficient (Wildman–Crippen LogP) is 5.05. The maximum absolute atomic E-state index is 11.1. The summed E-state index contributed by atoms with van der Waals surface area (Å²) < 4.78 is 4.16. The molecule has 0 unspecified atom stereocenters. The Balaban J connectivity index is 1.21. The van der Waals surface area contributed by atoms with Crippen LogP contribution in [0.15, 0.2) is 85.5 Å². The molecule has 4 aromatic heterocycles. The molecule has 4 heterocycles. The highest BCUT2D eigenvalue weighted by Crippen LogP contribution is 2.36. The van der Waals surface area contributed by atoms with E-state index in [9.17, 15) is 9.59 Å². The summed E-state index contributed by atoms with van der Waals surface area (Å²) >= 11 is 0. The average molecular weight is 643 g/mol. The first kappa shape index (κ1) is 32.6.